The smallest absolute Gasteiger partial charge is 0.309 e. The van der Waals surface area contributed by atoms with Crippen molar-refractivity contribution in [3.8, 4) is 0 Å². The van der Waals surface area contributed by atoms with Crippen LogP contribution in [-0.2, 0) is 14.3 Å². The molecule has 0 spiro atoms. The Labute approximate surface area is 145 Å². The lowest BCUT2D eigenvalue weighted by Gasteiger charge is -2.34. The van der Waals surface area contributed by atoms with Gasteiger partial charge in [0.05, 0.1) is 12.5 Å². The van der Waals surface area contributed by atoms with Gasteiger partial charge in [0.25, 0.3) is 0 Å². The van der Waals surface area contributed by atoms with E-state index in [0.29, 0.717) is 6.61 Å². The molecule has 1 N–H and O–H groups in total. The van der Waals surface area contributed by atoms with Gasteiger partial charge >= 0.3 is 5.97 Å². The molecule has 1 atom stereocenters. The molecule has 1 aliphatic heterocycles. The van der Waals surface area contributed by atoms with E-state index in [1.165, 1.54) is 4.90 Å². The van der Waals surface area contributed by atoms with E-state index in [-0.39, 0.29) is 30.4 Å². The van der Waals surface area contributed by atoms with Crippen LogP contribution in [0.25, 0.3) is 0 Å². The number of rotatable bonds is 6. The normalized spacial score (nSPS) is 17.4. The Bertz CT molecular complexity index is 443. The first kappa shape index (κ1) is 20.3. The molecule has 1 aliphatic rings. The third kappa shape index (κ3) is 6.37. The van der Waals surface area contributed by atoms with Crippen molar-refractivity contribution >= 4 is 17.8 Å². The summed E-state index contributed by atoms with van der Waals surface area (Å²) in [6, 6.07) is 0.279. The number of carbonyl (C=O) groups is 2. The summed E-state index contributed by atoms with van der Waals surface area (Å²) in [5, 5.41) is 3.39. The summed E-state index contributed by atoms with van der Waals surface area (Å²) in [5.74, 6) is 0.587. The summed E-state index contributed by atoms with van der Waals surface area (Å²) < 4.78 is 5.11. The number of hydrogen-bond donors (Lipinski definition) is 1. The maximum atomic E-state index is 11.9. The van der Waals surface area contributed by atoms with E-state index in [1.54, 1.807) is 14.1 Å². The number of piperidine rings is 1. The van der Waals surface area contributed by atoms with Crippen molar-refractivity contribution in [1.82, 2.24) is 15.1 Å². The fourth-order valence-electron chi connectivity index (χ4n) is 2.43. The number of likely N-dealkylation sites (N-methyl/N-ethyl adjacent to an activating group) is 1. The van der Waals surface area contributed by atoms with Gasteiger partial charge in [0.1, 0.15) is 6.54 Å². The van der Waals surface area contributed by atoms with Crippen LogP contribution in [-0.4, -0.2) is 74.0 Å². The van der Waals surface area contributed by atoms with Gasteiger partial charge in [-0.3, -0.25) is 9.59 Å². The minimum Gasteiger partial charge on any atom is -0.466 e. The molecule has 7 heteroatoms. The standard InChI is InChI=1S/C17H32N4O3/c1-6-13(3)19-17(18-12-15(22)20(4)5)21-10-8-14(9-11-21)16(23)24-7-2/h13-14H,6-12H2,1-5H3,(H,18,19). The van der Waals surface area contributed by atoms with E-state index < -0.39 is 0 Å². The third-order valence-corrected chi connectivity index (χ3v) is 4.27. The molecule has 1 heterocycles. The van der Waals surface area contributed by atoms with Crippen LogP contribution >= 0.6 is 0 Å². The molecule has 0 saturated carbocycles. The van der Waals surface area contributed by atoms with E-state index in [9.17, 15) is 9.59 Å². The predicted molar refractivity (Wildman–Crippen MR) is 94.8 cm³/mol. The molecule has 1 saturated heterocycles. The maximum Gasteiger partial charge on any atom is 0.309 e. The fraction of sp³-hybridized carbons (Fsp3) is 0.824. The molecule has 0 radical (unpaired) electrons. The molecule has 138 valence electrons. The molecular formula is C17H32N4O3. The van der Waals surface area contributed by atoms with Gasteiger partial charge in [-0.1, -0.05) is 6.92 Å². The third-order valence-electron chi connectivity index (χ3n) is 4.27. The molecule has 1 amide bonds. The Morgan fingerprint density at radius 2 is 1.92 bits per heavy atom. The van der Waals surface area contributed by atoms with E-state index in [4.69, 9.17) is 4.74 Å². The van der Waals surface area contributed by atoms with Crippen molar-refractivity contribution in [2.24, 2.45) is 10.9 Å². The predicted octanol–water partition coefficient (Wildman–Crippen LogP) is 1.09. The number of likely N-dealkylation sites (tertiary alicyclic amines) is 1. The molecule has 0 aromatic carbocycles. The van der Waals surface area contributed by atoms with Gasteiger partial charge in [0, 0.05) is 33.2 Å². The van der Waals surface area contributed by atoms with Gasteiger partial charge in [-0.15, -0.1) is 0 Å². The zero-order chi connectivity index (χ0) is 18.1. The molecule has 24 heavy (non-hydrogen) atoms. The topological polar surface area (TPSA) is 74.2 Å². The van der Waals surface area contributed by atoms with Gasteiger partial charge in [0.15, 0.2) is 5.96 Å². The number of carbonyl (C=O) groups excluding carboxylic acids is 2. The number of esters is 1. The van der Waals surface area contributed by atoms with E-state index in [1.807, 2.05) is 6.92 Å². The van der Waals surface area contributed by atoms with Crippen molar-refractivity contribution in [3.63, 3.8) is 0 Å². The molecule has 0 aliphatic carbocycles. The zero-order valence-electron chi connectivity index (χ0n) is 15.7. The Kier molecular flexibility index (Phi) is 8.57. The highest BCUT2D eigenvalue weighted by Crippen LogP contribution is 2.19. The Balaban J connectivity index is 2.69. The Morgan fingerprint density at radius 1 is 1.29 bits per heavy atom. The molecule has 7 nitrogen and oxygen atoms in total. The monoisotopic (exact) mass is 340 g/mol. The van der Waals surface area contributed by atoms with Crippen LogP contribution in [0.2, 0.25) is 0 Å². The molecule has 0 aromatic heterocycles. The summed E-state index contributed by atoms with van der Waals surface area (Å²) in [4.78, 5) is 31.8. The number of hydrogen-bond acceptors (Lipinski definition) is 4. The SMILES string of the molecule is CCOC(=O)C1CCN(C(=NCC(=O)N(C)C)NC(C)CC)CC1. The fourth-order valence-corrected chi connectivity index (χ4v) is 2.43. The highest BCUT2D eigenvalue weighted by Gasteiger charge is 2.27. The summed E-state index contributed by atoms with van der Waals surface area (Å²) in [6.45, 7) is 8.05. The van der Waals surface area contributed by atoms with Crippen LogP contribution in [0.15, 0.2) is 4.99 Å². The van der Waals surface area contributed by atoms with Crippen molar-refractivity contribution < 1.29 is 14.3 Å². The molecule has 1 rings (SSSR count). The van der Waals surface area contributed by atoms with Gasteiger partial charge in [-0.2, -0.15) is 0 Å². The number of nitrogens with one attached hydrogen (secondary N) is 1. The van der Waals surface area contributed by atoms with Crippen LogP contribution in [0.1, 0.15) is 40.0 Å². The Morgan fingerprint density at radius 3 is 2.42 bits per heavy atom. The molecule has 0 bridgehead atoms. The van der Waals surface area contributed by atoms with Crippen molar-refractivity contribution in [2.45, 2.75) is 46.1 Å². The Hall–Kier alpha value is -1.79. The molecule has 0 aromatic rings. The molecule has 1 unspecified atom stereocenters. The first-order valence-corrected chi connectivity index (χ1v) is 8.81. The minimum absolute atomic E-state index is 0.0279. The number of guanidine groups is 1. The van der Waals surface area contributed by atoms with Gasteiger partial charge in [-0.05, 0) is 33.1 Å². The van der Waals surface area contributed by atoms with E-state index >= 15 is 0 Å². The first-order valence-electron chi connectivity index (χ1n) is 8.81. The summed E-state index contributed by atoms with van der Waals surface area (Å²) in [5.41, 5.74) is 0. The second-order valence-corrected chi connectivity index (χ2v) is 6.40. The van der Waals surface area contributed by atoms with Crippen LogP contribution < -0.4 is 5.32 Å². The van der Waals surface area contributed by atoms with Crippen molar-refractivity contribution in [3.05, 3.63) is 0 Å². The maximum absolute atomic E-state index is 11.9. The lowest BCUT2D eigenvalue weighted by Crippen LogP contribution is -2.49. The second kappa shape index (κ2) is 10.2. The molecular weight excluding hydrogens is 308 g/mol. The number of nitrogens with zero attached hydrogens (tertiary/aromatic N) is 3. The van der Waals surface area contributed by atoms with Gasteiger partial charge < -0.3 is 19.9 Å². The number of aliphatic imine (C=N–C) groups is 1. The largest absolute Gasteiger partial charge is 0.466 e. The van der Waals surface area contributed by atoms with Crippen LogP contribution in [0.4, 0.5) is 0 Å². The highest BCUT2D eigenvalue weighted by molar-refractivity contribution is 5.85. The van der Waals surface area contributed by atoms with Crippen LogP contribution in [0.3, 0.4) is 0 Å². The minimum atomic E-state index is -0.103. The van der Waals surface area contributed by atoms with E-state index in [2.05, 4.69) is 29.1 Å². The average Bonchev–Trinajstić information content (AvgIpc) is 2.58. The summed E-state index contributed by atoms with van der Waals surface area (Å²) in [7, 11) is 3.45. The van der Waals surface area contributed by atoms with Gasteiger partial charge in [0.2, 0.25) is 5.91 Å². The zero-order valence-corrected chi connectivity index (χ0v) is 15.7. The molecule has 1 fully saturated rings. The van der Waals surface area contributed by atoms with Crippen molar-refractivity contribution in [1.29, 1.82) is 0 Å². The lowest BCUT2D eigenvalue weighted by atomic mass is 9.97. The lowest BCUT2D eigenvalue weighted by molar-refractivity contribution is -0.149. The van der Waals surface area contributed by atoms with Crippen molar-refractivity contribution in [2.75, 3.05) is 40.3 Å². The second-order valence-electron chi connectivity index (χ2n) is 6.40. The van der Waals surface area contributed by atoms with Crippen LogP contribution in [0, 0.1) is 5.92 Å². The average molecular weight is 340 g/mol. The summed E-state index contributed by atoms with van der Waals surface area (Å²) >= 11 is 0. The highest BCUT2D eigenvalue weighted by atomic mass is 16.5. The number of amides is 1. The number of ether oxygens (including phenoxy) is 1. The van der Waals surface area contributed by atoms with E-state index in [0.717, 1.165) is 38.3 Å². The van der Waals surface area contributed by atoms with Gasteiger partial charge in [-0.25, -0.2) is 4.99 Å². The quantitative estimate of drug-likeness (QED) is 0.445. The van der Waals surface area contributed by atoms with Crippen LogP contribution in [0.5, 0.6) is 0 Å². The summed E-state index contributed by atoms with van der Waals surface area (Å²) in [6.07, 6.45) is 2.48. The first-order chi connectivity index (χ1) is 11.4.